The summed E-state index contributed by atoms with van der Waals surface area (Å²) >= 11 is 0. The van der Waals surface area contributed by atoms with Crippen LogP contribution in [0.4, 0.5) is 11.6 Å². The number of hydrogen-bond donors (Lipinski definition) is 2. The van der Waals surface area contributed by atoms with Crippen LogP contribution in [-0.4, -0.2) is 46.6 Å². The fraction of sp³-hybridized carbons (Fsp3) is 0.750. The van der Waals surface area contributed by atoms with Crippen molar-refractivity contribution < 1.29 is 0 Å². The van der Waals surface area contributed by atoms with Crippen molar-refractivity contribution >= 4 is 11.6 Å². The molecule has 1 aromatic heterocycles. The summed E-state index contributed by atoms with van der Waals surface area (Å²) in [5.41, 5.74) is 0. The lowest BCUT2D eigenvalue weighted by atomic mass is 10.1. The summed E-state index contributed by atoms with van der Waals surface area (Å²) in [4.78, 5) is 11.9. The van der Waals surface area contributed by atoms with Crippen LogP contribution < -0.4 is 10.6 Å². The van der Waals surface area contributed by atoms with Crippen LogP contribution in [0.2, 0.25) is 0 Å². The van der Waals surface area contributed by atoms with Crippen molar-refractivity contribution in [1.82, 2.24) is 14.9 Å². The van der Waals surface area contributed by atoms with Crippen molar-refractivity contribution in [3.8, 4) is 0 Å². The van der Waals surface area contributed by atoms with E-state index < -0.39 is 0 Å². The molecule has 2 aliphatic heterocycles. The summed E-state index contributed by atoms with van der Waals surface area (Å²) in [6.45, 7) is 7.67. The summed E-state index contributed by atoms with van der Waals surface area (Å²) in [7, 11) is 0. The highest BCUT2D eigenvalue weighted by atomic mass is 15.2. The molecule has 2 atom stereocenters. The van der Waals surface area contributed by atoms with Gasteiger partial charge in [-0.3, -0.25) is 4.90 Å². The molecule has 5 heteroatoms. The lowest BCUT2D eigenvalue weighted by molar-refractivity contribution is 0.318. The Hall–Kier alpha value is -1.36. The molecule has 0 saturated carbocycles. The molecule has 2 N–H and O–H groups in total. The molecular formula is C16H27N5. The maximum atomic E-state index is 4.70. The van der Waals surface area contributed by atoms with E-state index in [0.29, 0.717) is 12.1 Å². The smallest absolute Gasteiger partial charge is 0.133 e. The number of aryl methyl sites for hydroxylation is 1. The van der Waals surface area contributed by atoms with Gasteiger partial charge in [-0.05, 0) is 39.2 Å². The monoisotopic (exact) mass is 289 g/mol. The van der Waals surface area contributed by atoms with Gasteiger partial charge in [0.1, 0.15) is 17.5 Å². The van der Waals surface area contributed by atoms with E-state index in [9.17, 15) is 0 Å². The molecule has 5 nitrogen and oxygen atoms in total. The van der Waals surface area contributed by atoms with Crippen LogP contribution in [0.1, 0.15) is 45.4 Å². The molecule has 2 aliphatic rings. The molecular weight excluding hydrogens is 262 g/mol. The third kappa shape index (κ3) is 3.28. The van der Waals surface area contributed by atoms with Gasteiger partial charge in [0.05, 0.1) is 0 Å². The van der Waals surface area contributed by atoms with Gasteiger partial charge >= 0.3 is 0 Å². The minimum absolute atomic E-state index is 0.548. The predicted octanol–water partition coefficient (Wildman–Crippen LogP) is 2.51. The molecule has 21 heavy (non-hydrogen) atoms. The molecule has 1 aromatic rings. The van der Waals surface area contributed by atoms with Crippen molar-refractivity contribution in [2.24, 2.45) is 0 Å². The van der Waals surface area contributed by atoms with E-state index in [2.05, 4.69) is 40.4 Å². The van der Waals surface area contributed by atoms with E-state index in [-0.39, 0.29) is 0 Å². The van der Waals surface area contributed by atoms with Gasteiger partial charge in [0.2, 0.25) is 0 Å². The van der Waals surface area contributed by atoms with Gasteiger partial charge in [-0.1, -0.05) is 6.92 Å². The zero-order chi connectivity index (χ0) is 14.7. The van der Waals surface area contributed by atoms with Gasteiger partial charge in [0.15, 0.2) is 0 Å². The molecule has 3 rings (SSSR count). The molecule has 0 aliphatic carbocycles. The Kier molecular flexibility index (Phi) is 4.58. The van der Waals surface area contributed by atoms with Crippen molar-refractivity contribution in [3.05, 3.63) is 11.9 Å². The fourth-order valence-electron chi connectivity index (χ4n) is 3.62. The average Bonchev–Trinajstić information content (AvgIpc) is 3.04. The van der Waals surface area contributed by atoms with Gasteiger partial charge in [-0.15, -0.1) is 0 Å². The fourth-order valence-corrected chi connectivity index (χ4v) is 3.62. The SMILES string of the molecule is CCCc1nc(NCC)cc(NC2CCN3CCCC23)n1. The predicted molar refractivity (Wildman–Crippen MR) is 86.8 cm³/mol. The van der Waals surface area contributed by atoms with Gasteiger partial charge in [0.25, 0.3) is 0 Å². The van der Waals surface area contributed by atoms with E-state index in [4.69, 9.17) is 4.98 Å². The van der Waals surface area contributed by atoms with E-state index in [0.717, 1.165) is 36.8 Å². The van der Waals surface area contributed by atoms with Crippen LogP contribution in [0.15, 0.2) is 6.07 Å². The zero-order valence-corrected chi connectivity index (χ0v) is 13.2. The first-order valence-electron chi connectivity index (χ1n) is 8.42. The lowest BCUT2D eigenvalue weighted by Gasteiger charge is -2.22. The average molecular weight is 289 g/mol. The highest BCUT2D eigenvalue weighted by molar-refractivity contribution is 5.48. The molecule has 2 unspecified atom stereocenters. The van der Waals surface area contributed by atoms with Gasteiger partial charge in [0, 0.05) is 37.7 Å². The summed E-state index contributed by atoms with van der Waals surface area (Å²) in [5.74, 6) is 2.88. The maximum absolute atomic E-state index is 4.70. The number of hydrogen-bond acceptors (Lipinski definition) is 5. The van der Waals surface area contributed by atoms with Crippen LogP contribution in [0, 0.1) is 0 Å². The van der Waals surface area contributed by atoms with E-state index in [1.807, 2.05) is 0 Å². The Labute approximate surface area is 127 Å². The number of nitrogens with one attached hydrogen (secondary N) is 2. The van der Waals surface area contributed by atoms with Crippen LogP contribution in [0.25, 0.3) is 0 Å². The first kappa shape index (κ1) is 14.6. The topological polar surface area (TPSA) is 53.1 Å². The second kappa shape index (κ2) is 6.60. The highest BCUT2D eigenvalue weighted by Gasteiger charge is 2.37. The summed E-state index contributed by atoms with van der Waals surface area (Å²) in [6.07, 6.45) is 5.91. The number of anilines is 2. The minimum atomic E-state index is 0.548. The Morgan fingerprint density at radius 2 is 2.05 bits per heavy atom. The van der Waals surface area contributed by atoms with E-state index in [1.165, 1.54) is 32.4 Å². The minimum Gasteiger partial charge on any atom is -0.370 e. The lowest BCUT2D eigenvalue weighted by Crippen LogP contribution is -2.34. The van der Waals surface area contributed by atoms with Gasteiger partial charge < -0.3 is 10.6 Å². The molecule has 0 amide bonds. The molecule has 116 valence electrons. The van der Waals surface area contributed by atoms with Crippen molar-refractivity contribution in [1.29, 1.82) is 0 Å². The number of aromatic nitrogens is 2. The quantitative estimate of drug-likeness (QED) is 0.843. The van der Waals surface area contributed by atoms with Crippen molar-refractivity contribution in [3.63, 3.8) is 0 Å². The molecule has 0 radical (unpaired) electrons. The third-order valence-corrected chi connectivity index (χ3v) is 4.54. The van der Waals surface area contributed by atoms with Crippen LogP contribution in [0.5, 0.6) is 0 Å². The summed E-state index contributed by atoms with van der Waals surface area (Å²) in [6, 6.07) is 3.31. The summed E-state index contributed by atoms with van der Waals surface area (Å²) < 4.78 is 0. The van der Waals surface area contributed by atoms with E-state index >= 15 is 0 Å². The molecule has 0 bridgehead atoms. The Bertz CT molecular complexity index is 451. The van der Waals surface area contributed by atoms with Gasteiger partial charge in [-0.25, -0.2) is 9.97 Å². The largest absolute Gasteiger partial charge is 0.370 e. The molecule has 2 saturated heterocycles. The molecule has 2 fully saturated rings. The standard InChI is InChI=1S/C16H27N5/c1-3-6-14-19-15(17-4-2)11-16(20-14)18-12-8-10-21-9-5-7-13(12)21/h11-13H,3-10H2,1-2H3,(H2,17,18,19,20). The number of nitrogens with zero attached hydrogens (tertiary/aromatic N) is 3. The Morgan fingerprint density at radius 3 is 2.86 bits per heavy atom. The first-order valence-corrected chi connectivity index (χ1v) is 8.42. The number of rotatable bonds is 6. The molecule has 0 aromatic carbocycles. The Balaban J connectivity index is 1.74. The normalized spacial score (nSPS) is 25.0. The maximum Gasteiger partial charge on any atom is 0.133 e. The van der Waals surface area contributed by atoms with Crippen molar-refractivity contribution in [2.45, 2.75) is 58.0 Å². The van der Waals surface area contributed by atoms with Crippen LogP contribution in [-0.2, 0) is 6.42 Å². The second-order valence-electron chi connectivity index (χ2n) is 6.12. The molecule has 0 spiro atoms. The molecule has 3 heterocycles. The van der Waals surface area contributed by atoms with Crippen LogP contribution in [0.3, 0.4) is 0 Å². The number of fused-ring (bicyclic) bond motifs is 1. The zero-order valence-electron chi connectivity index (χ0n) is 13.2. The first-order chi connectivity index (χ1) is 10.3. The highest BCUT2D eigenvalue weighted by Crippen LogP contribution is 2.30. The summed E-state index contributed by atoms with van der Waals surface area (Å²) in [5, 5.41) is 6.99. The van der Waals surface area contributed by atoms with Crippen molar-refractivity contribution in [2.75, 3.05) is 30.3 Å². The van der Waals surface area contributed by atoms with E-state index in [1.54, 1.807) is 0 Å². The van der Waals surface area contributed by atoms with Gasteiger partial charge in [-0.2, -0.15) is 0 Å². The third-order valence-electron chi connectivity index (χ3n) is 4.54. The Morgan fingerprint density at radius 1 is 1.19 bits per heavy atom. The second-order valence-corrected chi connectivity index (χ2v) is 6.12. The van der Waals surface area contributed by atoms with Crippen LogP contribution >= 0.6 is 0 Å².